The van der Waals surface area contributed by atoms with Crippen LogP contribution in [0.15, 0.2) is 59.2 Å². The van der Waals surface area contributed by atoms with E-state index in [9.17, 15) is 4.79 Å². The highest BCUT2D eigenvalue weighted by molar-refractivity contribution is 7.22. The van der Waals surface area contributed by atoms with Gasteiger partial charge in [0, 0.05) is 18.8 Å². The van der Waals surface area contributed by atoms with E-state index in [1.807, 2.05) is 49.4 Å². The first-order valence-electron chi connectivity index (χ1n) is 9.59. The van der Waals surface area contributed by atoms with E-state index in [1.165, 1.54) is 22.0 Å². The van der Waals surface area contributed by atoms with Crippen LogP contribution in [-0.2, 0) is 9.53 Å². The number of anilines is 2. The molecule has 1 amide bonds. The Labute approximate surface area is 172 Å². The van der Waals surface area contributed by atoms with Gasteiger partial charge in [-0.05, 0) is 42.8 Å². The van der Waals surface area contributed by atoms with Crippen LogP contribution >= 0.6 is 11.3 Å². The fourth-order valence-electron chi connectivity index (χ4n) is 3.53. The average Bonchev–Trinajstić information content (AvgIpc) is 3.31. The minimum atomic E-state index is -0.140. The Morgan fingerprint density at radius 1 is 1.07 bits per heavy atom. The minimum absolute atomic E-state index is 0.140. The molecule has 0 atom stereocenters. The number of benzene rings is 2. The molecule has 0 radical (unpaired) electrons. The lowest BCUT2D eigenvalue weighted by Crippen LogP contribution is -2.36. The zero-order valence-corrected chi connectivity index (χ0v) is 16.9. The Hall–Kier alpha value is -3.03. The highest BCUT2D eigenvalue weighted by atomic mass is 32.1. The van der Waals surface area contributed by atoms with Crippen LogP contribution in [0.1, 0.15) is 12.5 Å². The van der Waals surface area contributed by atoms with Gasteiger partial charge in [-0.2, -0.15) is 10.1 Å². The maximum absolute atomic E-state index is 13.0. The fourth-order valence-corrected chi connectivity index (χ4v) is 4.45. The molecule has 5 rings (SSSR count). The zero-order valence-electron chi connectivity index (χ0n) is 16.0. The highest BCUT2D eigenvalue weighted by Gasteiger charge is 2.30. The van der Waals surface area contributed by atoms with Gasteiger partial charge in [-0.15, -0.1) is 0 Å². The van der Waals surface area contributed by atoms with Gasteiger partial charge in [-0.25, -0.2) is 4.98 Å². The molecule has 0 bridgehead atoms. The van der Waals surface area contributed by atoms with E-state index in [2.05, 4.69) is 27.1 Å². The van der Waals surface area contributed by atoms with Crippen LogP contribution < -0.4 is 9.91 Å². The highest BCUT2D eigenvalue weighted by Crippen LogP contribution is 2.32. The number of carbonyl (C=O) groups is 1. The molecule has 146 valence electrons. The summed E-state index contributed by atoms with van der Waals surface area (Å²) in [6.07, 6.45) is 1.90. The summed E-state index contributed by atoms with van der Waals surface area (Å²) >= 11 is 1.47. The Balaban J connectivity index is 1.39. The van der Waals surface area contributed by atoms with Crippen molar-refractivity contribution in [2.45, 2.75) is 6.92 Å². The maximum atomic E-state index is 13.0. The molecule has 0 spiro atoms. The summed E-state index contributed by atoms with van der Waals surface area (Å²) in [7, 11) is 0. The second-order valence-corrected chi connectivity index (χ2v) is 8.02. The number of aromatic nitrogens is 1. The lowest BCUT2D eigenvalue weighted by Gasteiger charge is -2.28. The number of nitrogens with zero attached hydrogens (tertiary/aromatic N) is 4. The summed E-state index contributed by atoms with van der Waals surface area (Å²) in [6.45, 7) is 5.19. The number of hydrogen-bond donors (Lipinski definition) is 0. The lowest BCUT2D eigenvalue weighted by atomic mass is 10.1. The number of thiazole rings is 1. The molecule has 2 aromatic carbocycles. The molecule has 2 aliphatic rings. The molecule has 1 saturated heterocycles. The largest absolute Gasteiger partial charge is 0.378 e. The molecule has 0 saturated carbocycles. The predicted molar refractivity (Wildman–Crippen MR) is 118 cm³/mol. The SMILES string of the molecule is CC1=NN(c2nc3ccccc3s2)C(=O)C1=Cc1ccc(N2CCOCC2)cc1. The van der Waals surface area contributed by atoms with Gasteiger partial charge in [0.1, 0.15) is 0 Å². The third-order valence-corrected chi connectivity index (χ3v) is 6.12. The number of carbonyl (C=O) groups excluding carboxylic acids is 1. The van der Waals surface area contributed by atoms with Gasteiger partial charge in [0.05, 0.1) is 34.7 Å². The Kier molecular flexibility index (Phi) is 4.61. The lowest BCUT2D eigenvalue weighted by molar-refractivity contribution is -0.114. The van der Waals surface area contributed by atoms with Crippen LogP contribution in [0.4, 0.5) is 10.8 Å². The summed E-state index contributed by atoms with van der Waals surface area (Å²) in [5.74, 6) is -0.140. The predicted octanol–water partition coefficient (Wildman–Crippen LogP) is 3.94. The zero-order chi connectivity index (χ0) is 19.8. The van der Waals surface area contributed by atoms with E-state index in [1.54, 1.807) is 0 Å². The Morgan fingerprint density at radius 3 is 2.59 bits per heavy atom. The monoisotopic (exact) mass is 404 g/mol. The first-order valence-corrected chi connectivity index (χ1v) is 10.4. The first kappa shape index (κ1) is 18.0. The van der Waals surface area contributed by atoms with E-state index in [4.69, 9.17) is 4.74 Å². The van der Waals surface area contributed by atoms with Crippen LogP contribution in [0.5, 0.6) is 0 Å². The Morgan fingerprint density at radius 2 is 1.83 bits per heavy atom. The van der Waals surface area contributed by atoms with E-state index < -0.39 is 0 Å². The second-order valence-electron chi connectivity index (χ2n) is 7.02. The summed E-state index contributed by atoms with van der Waals surface area (Å²) in [4.78, 5) is 19.9. The van der Waals surface area contributed by atoms with Crippen molar-refractivity contribution in [1.82, 2.24) is 4.98 Å². The molecule has 3 heterocycles. The van der Waals surface area contributed by atoms with Crippen LogP contribution in [-0.4, -0.2) is 42.9 Å². The molecular formula is C22H20N4O2S. The van der Waals surface area contributed by atoms with Crippen molar-refractivity contribution < 1.29 is 9.53 Å². The number of hydrazone groups is 1. The van der Waals surface area contributed by atoms with Crippen molar-refractivity contribution in [2.24, 2.45) is 5.10 Å². The van der Waals surface area contributed by atoms with Crippen molar-refractivity contribution in [3.05, 3.63) is 59.7 Å². The summed E-state index contributed by atoms with van der Waals surface area (Å²) < 4.78 is 6.45. The third kappa shape index (κ3) is 3.43. The molecule has 0 N–H and O–H groups in total. The number of morpholine rings is 1. The van der Waals surface area contributed by atoms with Crippen molar-refractivity contribution in [3.63, 3.8) is 0 Å². The van der Waals surface area contributed by atoms with Gasteiger partial charge in [-0.3, -0.25) is 4.79 Å². The third-order valence-electron chi connectivity index (χ3n) is 5.11. The normalized spacial score (nSPS) is 18.7. The smallest absolute Gasteiger partial charge is 0.282 e. The van der Waals surface area contributed by atoms with Crippen LogP contribution in [0.2, 0.25) is 0 Å². The standard InChI is InChI=1S/C22H20N4O2S/c1-15-18(14-16-6-8-17(9-7-16)25-10-12-28-13-11-25)21(27)26(24-15)22-23-19-4-2-3-5-20(19)29-22/h2-9,14H,10-13H2,1H3. The molecule has 1 aromatic heterocycles. The molecule has 1 fully saturated rings. The number of para-hydroxylation sites is 1. The topological polar surface area (TPSA) is 58.0 Å². The number of hydrogen-bond acceptors (Lipinski definition) is 6. The number of rotatable bonds is 3. The number of amides is 1. The van der Waals surface area contributed by atoms with Gasteiger partial charge in [0.15, 0.2) is 0 Å². The molecule has 3 aromatic rings. The van der Waals surface area contributed by atoms with Crippen molar-refractivity contribution in [2.75, 3.05) is 36.2 Å². The van der Waals surface area contributed by atoms with E-state index >= 15 is 0 Å². The molecule has 29 heavy (non-hydrogen) atoms. The molecule has 0 aliphatic carbocycles. The van der Waals surface area contributed by atoms with Crippen LogP contribution in [0, 0.1) is 0 Å². The van der Waals surface area contributed by atoms with Gasteiger partial charge >= 0.3 is 0 Å². The number of fused-ring (bicyclic) bond motifs is 1. The van der Waals surface area contributed by atoms with Gasteiger partial charge < -0.3 is 9.64 Å². The van der Waals surface area contributed by atoms with Crippen molar-refractivity contribution in [3.8, 4) is 0 Å². The van der Waals surface area contributed by atoms with Crippen LogP contribution in [0.25, 0.3) is 16.3 Å². The van der Waals surface area contributed by atoms with Gasteiger partial charge in [0.25, 0.3) is 5.91 Å². The van der Waals surface area contributed by atoms with Crippen LogP contribution in [0.3, 0.4) is 0 Å². The summed E-state index contributed by atoms with van der Waals surface area (Å²) in [5, 5.41) is 6.47. The molecular weight excluding hydrogens is 384 g/mol. The van der Waals surface area contributed by atoms with E-state index in [0.29, 0.717) is 16.4 Å². The fraction of sp³-hybridized carbons (Fsp3) is 0.227. The molecule has 6 nitrogen and oxygen atoms in total. The Bertz CT molecular complexity index is 1090. The maximum Gasteiger partial charge on any atom is 0.282 e. The summed E-state index contributed by atoms with van der Waals surface area (Å²) in [5.41, 5.74) is 4.33. The first-order chi connectivity index (χ1) is 14.2. The number of ether oxygens (including phenoxy) is 1. The van der Waals surface area contributed by atoms with E-state index in [-0.39, 0.29) is 5.91 Å². The second kappa shape index (κ2) is 7.42. The van der Waals surface area contributed by atoms with Crippen molar-refractivity contribution >= 4 is 50.1 Å². The summed E-state index contributed by atoms with van der Waals surface area (Å²) in [6, 6.07) is 16.1. The molecule has 0 unspecified atom stereocenters. The molecule has 7 heteroatoms. The quantitative estimate of drug-likeness (QED) is 0.621. The molecule has 2 aliphatic heterocycles. The minimum Gasteiger partial charge on any atom is -0.378 e. The van der Waals surface area contributed by atoms with Crippen molar-refractivity contribution in [1.29, 1.82) is 0 Å². The van der Waals surface area contributed by atoms with Gasteiger partial charge in [0.2, 0.25) is 5.13 Å². The average molecular weight is 404 g/mol. The van der Waals surface area contributed by atoms with Gasteiger partial charge in [-0.1, -0.05) is 35.6 Å². The van der Waals surface area contributed by atoms with E-state index in [0.717, 1.165) is 42.1 Å².